The van der Waals surface area contributed by atoms with Crippen LogP contribution >= 0.6 is 0 Å². The Morgan fingerprint density at radius 2 is 2.42 bits per heavy atom. The molecule has 1 heterocycles. The van der Waals surface area contributed by atoms with Crippen molar-refractivity contribution in [3.05, 3.63) is 30.4 Å². The average molecular weight is 164 g/mol. The molecule has 0 aliphatic carbocycles. The van der Waals surface area contributed by atoms with Gasteiger partial charge in [-0.05, 0) is 13.3 Å². The molecular weight excluding hydrogens is 148 g/mol. The molecule has 0 atom stereocenters. The first kappa shape index (κ1) is 9.04. The van der Waals surface area contributed by atoms with E-state index < -0.39 is 0 Å². The van der Waals surface area contributed by atoms with E-state index in [1.54, 1.807) is 0 Å². The van der Waals surface area contributed by atoms with E-state index >= 15 is 0 Å². The normalized spacial score (nSPS) is 10.2. The minimum absolute atomic E-state index is 0.898. The van der Waals surface area contributed by atoms with Gasteiger partial charge in [0, 0.05) is 25.4 Å². The van der Waals surface area contributed by atoms with Crippen molar-refractivity contribution in [2.24, 2.45) is 0 Å². The van der Waals surface area contributed by atoms with Crippen molar-refractivity contribution in [1.82, 2.24) is 9.55 Å². The van der Waals surface area contributed by atoms with E-state index in [1.165, 1.54) is 11.4 Å². The molecule has 66 valence electrons. The smallest absolute Gasteiger partial charge is 0.108 e. The molecule has 0 N–H and O–H groups in total. The summed E-state index contributed by atoms with van der Waals surface area (Å²) in [6.07, 6.45) is 6.07. The van der Waals surface area contributed by atoms with Gasteiger partial charge in [0.15, 0.2) is 0 Å². The maximum atomic E-state index is 4.28. The predicted molar refractivity (Wildman–Crippen MR) is 51.0 cm³/mol. The van der Waals surface area contributed by atoms with Gasteiger partial charge in [0.25, 0.3) is 0 Å². The van der Waals surface area contributed by atoms with E-state index in [0.29, 0.717) is 0 Å². The second-order valence-corrected chi connectivity index (χ2v) is 3.18. The summed E-state index contributed by atoms with van der Waals surface area (Å²) in [5.74, 6) is 1.17. The first-order chi connectivity index (χ1) is 5.74. The van der Waals surface area contributed by atoms with E-state index in [9.17, 15) is 0 Å². The highest BCUT2D eigenvalue weighted by Gasteiger charge is 1.99. The van der Waals surface area contributed by atoms with Crippen LogP contribution in [0.15, 0.2) is 24.5 Å². The Bertz CT molecular complexity index is 261. The molecule has 0 aromatic carbocycles. The van der Waals surface area contributed by atoms with Crippen LogP contribution in [0.2, 0.25) is 0 Å². The Kier molecular flexibility index (Phi) is 3.09. The Balaban J connectivity index is 2.69. The molecule has 12 heavy (non-hydrogen) atoms. The van der Waals surface area contributed by atoms with Crippen LogP contribution in [-0.4, -0.2) is 9.55 Å². The Morgan fingerprint density at radius 1 is 1.67 bits per heavy atom. The SMILES string of the molecule is C=C(C)Cn1ccnc1CCC. The first-order valence-corrected chi connectivity index (χ1v) is 4.38. The molecule has 1 aromatic heterocycles. The third-order valence-electron chi connectivity index (χ3n) is 1.72. The molecule has 0 saturated carbocycles. The molecule has 0 aliphatic heterocycles. The summed E-state index contributed by atoms with van der Waals surface area (Å²) < 4.78 is 2.16. The number of hydrogen-bond acceptors (Lipinski definition) is 1. The zero-order chi connectivity index (χ0) is 8.97. The van der Waals surface area contributed by atoms with Crippen molar-refractivity contribution >= 4 is 0 Å². The van der Waals surface area contributed by atoms with E-state index in [2.05, 4.69) is 23.1 Å². The largest absolute Gasteiger partial charge is 0.331 e. The lowest BCUT2D eigenvalue weighted by atomic mass is 10.3. The van der Waals surface area contributed by atoms with Crippen LogP contribution in [0, 0.1) is 0 Å². The summed E-state index contributed by atoms with van der Waals surface area (Å²) in [4.78, 5) is 4.28. The van der Waals surface area contributed by atoms with Crippen LogP contribution < -0.4 is 0 Å². The van der Waals surface area contributed by atoms with Crippen molar-refractivity contribution in [2.75, 3.05) is 0 Å². The van der Waals surface area contributed by atoms with Gasteiger partial charge in [-0.2, -0.15) is 0 Å². The van der Waals surface area contributed by atoms with Crippen molar-refractivity contribution in [1.29, 1.82) is 0 Å². The molecule has 1 rings (SSSR count). The lowest BCUT2D eigenvalue weighted by Gasteiger charge is -2.05. The third-order valence-corrected chi connectivity index (χ3v) is 1.72. The Morgan fingerprint density at radius 3 is 3.00 bits per heavy atom. The highest BCUT2D eigenvalue weighted by Crippen LogP contribution is 2.03. The van der Waals surface area contributed by atoms with Gasteiger partial charge in [-0.3, -0.25) is 0 Å². The van der Waals surface area contributed by atoms with Gasteiger partial charge in [0.2, 0.25) is 0 Å². The Labute approximate surface area is 73.9 Å². The van der Waals surface area contributed by atoms with Crippen LogP contribution in [0.5, 0.6) is 0 Å². The maximum Gasteiger partial charge on any atom is 0.108 e. The summed E-state index contributed by atoms with van der Waals surface area (Å²) >= 11 is 0. The minimum atomic E-state index is 0.898. The molecule has 0 fully saturated rings. The molecule has 1 aromatic rings. The fourth-order valence-corrected chi connectivity index (χ4v) is 1.23. The quantitative estimate of drug-likeness (QED) is 0.625. The minimum Gasteiger partial charge on any atom is -0.331 e. The van der Waals surface area contributed by atoms with Gasteiger partial charge in [0.05, 0.1) is 0 Å². The van der Waals surface area contributed by atoms with E-state index in [4.69, 9.17) is 0 Å². The highest BCUT2D eigenvalue weighted by atomic mass is 15.1. The lowest BCUT2D eigenvalue weighted by Crippen LogP contribution is -2.03. The monoisotopic (exact) mass is 164 g/mol. The molecule has 2 nitrogen and oxygen atoms in total. The number of imidazole rings is 1. The standard InChI is InChI=1S/C10H16N2/c1-4-5-10-11-6-7-12(10)8-9(2)3/h6-7H,2,4-5,8H2,1,3H3. The van der Waals surface area contributed by atoms with Crippen molar-refractivity contribution < 1.29 is 0 Å². The van der Waals surface area contributed by atoms with Crippen LogP contribution in [0.3, 0.4) is 0 Å². The second kappa shape index (κ2) is 4.10. The van der Waals surface area contributed by atoms with Gasteiger partial charge in [-0.15, -0.1) is 0 Å². The lowest BCUT2D eigenvalue weighted by molar-refractivity contribution is 0.698. The fraction of sp³-hybridized carbons (Fsp3) is 0.500. The van der Waals surface area contributed by atoms with Crippen LogP contribution in [-0.2, 0) is 13.0 Å². The number of rotatable bonds is 4. The van der Waals surface area contributed by atoms with E-state index in [-0.39, 0.29) is 0 Å². The number of aromatic nitrogens is 2. The van der Waals surface area contributed by atoms with Crippen molar-refractivity contribution in [2.45, 2.75) is 33.2 Å². The number of aryl methyl sites for hydroxylation is 1. The van der Waals surface area contributed by atoms with Gasteiger partial charge in [0.1, 0.15) is 5.82 Å². The van der Waals surface area contributed by atoms with Gasteiger partial charge in [-0.1, -0.05) is 19.1 Å². The third kappa shape index (κ3) is 2.22. The molecule has 0 spiro atoms. The Hall–Kier alpha value is -1.05. The van der Waals surface area contributed by atoms with Crippen LogP contribution in [0.1, 0.15) is 26.1 Å². The summed E-state index contributed by atoms with van der Waals surface area (Å²) in [6, 6.07) is 0. The molecule has 2 heteroatoms. The van der Waals surface area contributed by atoms with Gasteiger partial charge >= 0.3 is 0 Å². The average Bonchev–Trinajstić information content (AvgIpc) is 2.37. The number of hydrogen-bond donors (Lipinski definition) is 0. The topological polar surface area (TPSA) is 17.8 Å². The van der Waals surface area contributed by atoms with Crippen LogP contribution in [0.4, 0.5) is 0 Å². The van der Waals surface area contributed by atoms with Crippen molar-refractivity contribution in [3.8, 4) is 0 Å². The fourth-order valence-electron chi connectivity index (χ4n) is 1.23. The first-order valence-electron chi connectivity index (χ1n) is 4.38. The number of nitrogens with zero attached hydrogens (tertiary/aromatic N) is 2. The molecule has 0 saturated heterocycles. The summed E-state index contributed by atoms with van der Waals surface area (Å²) in [5, 5.41) is 0. The highest BCUT2D eigenvalue weighted by molar-refractivity contribution is 4.98. The molecule has 0 bridgehead atoms. The van der Waals surface area contributed by atoms with Crippen molar-refractivity contribution in [3.63, 3.8) is 0 Å². The summed E-state index contributed by atoms with van der Waals surface area (Å²) in [7, 11) is 0. The van der Waals surface area contributed by atoms with Gasteiger partial charge in [-0.25, -0.2) is 4.98 Å². The predicted octanol–water partition coefficient (Wildman–Crippen LogP) is 2.41. The molecular formula is C10H16N2. The van der Waals surface area contributed by atoms with E-state index in [0.717, 1.165) is 19.4 Å². The molecule has 0 amide bonds. The molecule has 0 unspecified atom stereocenters. The van der Waals surface area contributed by atoms with Crippen LogP contribution in [0.25, 0.3) is 0 Å². The molecule has 0 aliphatic rings. The second-order valence-electron chi connectivity index (χ2n) is 3.18. The zero-order valence-electron chi connectivity index (χ0n) is 7.88. The van der Waals surface area contributed by atoms with Gasteiger partial charge < -0.3 is 4.57 Å². The maximum absolute atomic E-state index is 4.28. The zero-order valence-corrected chi connectivity index (χ0v) is 7.88. The summed E-state index contributed by atoms with van der Waals surface area (Å²) in [6.45, 7) is 8.98. The summed E-state index contributed by atoms with van der Waals surface area (Å²) in [5.41, 5.74) is 1.17. The number of allylic oxidation sites excluding steroid dienone is 1. The van der Waals surface area contributed by atoms with E-state index in [1.807, 2.05) is 19.3 Å². The molecule has 0 radical (unpaired) electrons.